The van der Waals surface area contributed by atoms with Crippen LogP contribution in [0.15, 0.2) is 39.9 Å². The molecule has 3 rings (SSSR count). The van der Waals surface area contributed by atoms with Gasteiger partial charge in [-0.1, -0.05) is 5.16 Å². The highest BCUT2D eigenvalue weighted by Gasteiger charge is 2.33. The van der Waals surface area contributed by atoms with E-state index in [-0.39, 0.29) is 10.7 Å². The molecule has 0 bridgehead atoms. The lowest BCUT2D eigenvalue weighted by molar-refractivity contribution is 0.382. The average molecular weight is 407 g/mol. The molecule has 0 unspecified atom stereocenters. The van der Waals surface area contributed by atoms with Gasteiger partial charge in [0.1, 0.15) is 11.4 Å². The summed E-state index contributed by atoms with van der Waals surface area (Å²) < 4.78 is 38.3. The van der Waals surface area contributed by atoms with Crippen molar-refractivity contribution >= 4 is 21.8 Å². The Morgan fingerprint density at radius 1 is 1.14 bits per heavy atom. The second kappa shape index (κ2) is 8.24. The van der Waals surface area contributed by atoms with Crippen molar-refractivity contribution in [2.24, 2.45) is 0 Å². The van der Waals surface area contributed by atoms with E-state index < -0.39 is 10.0 Å². The first-order valence-corrected chi connectivity index (χ1v) is 10.5. The van der Waals surface area contributed by atoms with Gasteiger partial charge in [0.05, 0.1) is 7.11 Å². The van der Waals surface area contributed by atoms with Crippen LogP contribution in [0.25, 0.3) is 6.08 Å². The summed E-state index contributed by atoms with van der Waals surface area (Å²) in [5, 5.41) is 3.86. The molecule has 8 nitrogen and oxygen atoms in total. The predicted molar refractivity (Wildman–Crippen MR) is 108 cm³/mol. The van der Waals surface area contributed by atoms with E-state index in [1.165, 1.54) is 4.31 Å². The molecule has 1 aromatic heterocycles. The van der Waals surface area contributed by atoms with Crippen molar-refractivity contribution in [3.63, 3.8) is 0 Å². The molecule has 1 aliphatic rings. The van der Waals surface area contributed by atoms with Crippen molar-refractivity contribution in [2.45, 2.75) is 11.8 Å². The minimum atomic E-state index is -3.68. The number of hydrogen-bond acceptors (Lipinski definition) is 7. The fourth-order valence-corrected chi connectivity index (χ4v) is 4.80. The van der Waals surface area contributed by atoms with Gasteiger partial charge in [-0.05, 0) is 31.2 Å². The van der Waals surface area contributed by atoms with Crippen molar-refractivity contribution in [2.75, 3.05) is 52.3 Å². The highest BCUT2D eigenvalue weighted by atomic mass is 32.2. The first-order valence-electron chi connectivity index (χ1n) is 9.03. The van der Waals surface area contributed by atoms with E-state index in [1.807, 2.05) is 43.3 Å². The van der Waals surface area contributed by atoms with Gasteiger partial charge in [-0.2, -0.15) is 4.31 Å². The highest BCUT2D eigenvalue weighted by molar-refractivity contribution is 7.89. The zero-order valence-corrected chi connectivity index (χ0v) is 17.4. The molecule has 0 radical (unpaired) electrons. The van der Waals surface area contributed by atoms with Crippen molar-refractivity contribution in [3.05, 3.63) is 41.9 Å². The highest BCUT2D eigenvalue weighted by Crippen LogP contribution is 2.27. The number of benzene rings is 1. The molecule has 28 heavy (non-hydrogen) atoms. The van der Waals surface area contributed by atoms with Gasteiger partial charge in [-0.15, -0.1) is 0 Å². The largest absolute Gasteiger partial charge is 0.497 e. The van der Waals surface area contributed by atoms with E-state index in [1.54, 1.807) is 26.3 Å². The Hall–Kier alpha value is -2.52. The topological polar surface area (TPSA) is 79.1 Å². The third-order valence-corrected chi connectivity index (χ3v) is 6.69. The number of piperazine rings is 1. The first kappa shape index (κ1) is 20.2. The second-order valence-corrected chi connectivity index (χ2v) is 8.70. The van der Waals surface area contributed by atoms with Gasteiger partial charge in [0.15, 0.2) is 10.7 Å². The SMILES string of the molecule is COc1ccc(N2CCN(S(=O)(=O)c3c(C)noc3/C=C/N(C)C)CC2)cc1. The number of aryl methyl sites for hydroxylation is 1. The van der Waals surface area contributed by atoms with Crippen molar-refractivity contribution in [1.29, 1.82) is 0 Å². The Bertz CT molecular complexity index is 927. The normalized spacial score (nSPS) is 15.9. The number of methoxy groups -OCH3 is 1. The Morgan fingerprint density at radius 2 is 1.79 bits per heavy atom. The molecule has 1 aliphatic heterocycles. The molecular formula is C19H26N4O4S. The molecule has 152 valence electrons. The number of anilines is 1. The molecule has 1 saturated heterocycles. The molecule has 2 heterocycles. The van der Waals surface area contributed by atoms with Gasteiger partial charge >= 0.3 is 0 Å². The standard InChI is InChI=1S/C19H26N4O4S/c1-15-19(18(27-20-15)9-10-21(2)3)28(24,25)23-13-11-22(12-14-23)16-5-7-17(26-4)8-6-16/h5-10H,11-14H2,1-4H3/b10-9+. The quantitative estimate of drug-likeness (QED) is 0.726. The van der Waals surface area contributed by atoms with E-state index in [9.17, 15) is 8.42 Å². The van der Waals surface area contributed by atoms with Crippen LogP contribution < -0.4 is 9.64 Å². The van der Waals surface area contributed by atoms with Gasteiger partial charge in [-0.25, -0.2) is 8.42 Å². The first-order chi connectivity index (χ1) is 13.3. The summed E-state index contributed by atoms with van der Waals surface area (Å²) in [6, 6.07) is 7.78. The van der Waals surface area contributed by atoms with Crippen LogP contribution in [0.5, 0.6) is 5.75 Å². The molecule has 0 spiro atoms. The number of ether oxygens (including phenoxy) is 1. The van der Waals surface area contributed by atoms with Crippen molar-refractivity contribution < 1.29 is 17.7 Å². The predicted octanol–water partition coefficient (Wildman–Crippen LogP) is 2.03. The van der Waals surface area contributed by atoms with Crippen molar-refractivity contribution in [3.8, 4) is 5.75 Å². The van der Waals surface area contributed by atoms with Crippen LogP contribution in [0.2, 0.25) is 0 Å². The van der Waals surface area contributed by atoms with Crippen LogP contribution in [0.4, 0.5) is 5.69 Å². The molecule has 2 aromatic rings. The van der Waals surface area contributed by atoms with Crippen LogP contribution in [0.1, 0.15) is 11.5 Å². The summed E-state index contributed by atoms with van der Waals surface area (Å²) in [4.78, 5) is 4.12. The number of aromatic nitrogens is 1. The Labute approximate surface area is 166 Å². The number of nitrogens with zero attached hydrogens (tertiary/aromatic N) is 4. The Morgan fingerprint density at radius 3 is 2.36 bits per heavy atom. The lowest BCUT2D eigenvalue weighted by atomic mass is 10.2. The summed E-state index contributed by atoms with van der Waals surface area (Å²) in [5.41, 5.74) is 1.42. The van der Waals surface area contributed by atoms with E-state index >= 15 is 0 Å². The van der Waals surface area contributed by atoms with E-state index in [4.69, 9.17) is 9.26 Å². The number of sulfonamides is 1. The van der Waals surface area contributed by atoms with Crippen molar-refractivity contribution in [1.82, 2.24) is 14.4 Å². The maximum atomic E-state index is 13.2. The van der Waals surface area contributed by atoms with Gasteiger partial charge in [-0.3, -0.25) is 0 Å². The minimum absolute atomic E-state index is 0.142. The van der Waals surface area contributed by atoms with Gasteiger partial charge < -0.3 is 19.1 Å². The van der Waals surface area contributed by atoms with Crippen LogP contribution in [0, 0.1) is 6.92 Å². The maximum absolute atomic E-state index is 13.2. The summed E-state index contributed by atoms with van der Waals surface area (Å²) in [5.74, 6) is 1.05. The Kier molecular flexibility index (Phi) is 5.95. The molecule has 0 saturated carbocycles. The third kappa shape index (κ3) is 4.15. The molecule has 0 atom stereocenters. The molecule has 1 aromatic carbocycles. The Balaban J connectivity index is 1.75. The fraction of sp³-hybridized carbons (Fsp3) is 0.421. The summed E-state index contributed by atoms with van der Waals surface area (Å²) in [7, 11) is 1.66. The fourth-order valence-electron chi connectivity index (χ4n) is 3.12. The zero-order valence-electron chi connectivity index (χ0n) is 16.6. The minimum Gasteiger partial charge on any atom is -0.497 e. The second-order valence-electron chi connectivity index (χ2n) is 6.83. The number of hydrogen-bond donors (Lipinski definition) is 0. The molecule has 0 N–H and O–H groups in total. The van der Waals surface area contributed by atoms with Gasteiger partial charge in [0, 0.05) is 58.2 Å². The van der Waals surface area contributed by atoms with Crippen LogP contribution in [-0.2, 0) is 10.0 Å². The average Bonchev–Trinajstić information content (AvgIpc) is 3.08. The van der Waals surface area contributed by atoms with Gasteiger partial charge in [0.2, 0.25) is 10.0 Å². The van der Waals surface area contributed by atoms with E-state index in [2.05, 4.69) is 10.1 Å². The van der Waals surface area contributed by atoms with Crippen LogP contribution in [-0.4, -0.2) is 70.2 Å². The molecule has 0 aliphatic carbocycles. The summed E-state index contributed by atoms with van der Waals surface area (Å²) >= 11 is 0. The number of rotatable bonds is 6. The van der Waals surface area contributed by atoms with E-state index in [0.29, 0.717) is 31.9 Å². The monoisotopic (exact) mass is 406 g/mol. The lowest BCUT2D eigenvalue weighted by Gasteiger charge is -2.35. The van der Waals surface area contributed by atoms with Crippen LogP contribution in [0.3, 0.4) is 0 Å². The smallest absolute Gasteiger partial charge is 0.248 e. The van der Waals surface area contributed by atoms with E-state index in [0.717, 1.165) is 11.4 Å². The molecule has 0 amide bonds. The third-order valence-electron chi connectivity index (χ3n) is 4.63. The molecule has 9 heteroatoms. The zero-order chi connectivity index (χ0) is 20.3. The molecular weight excluding hydrogens is 380 g/mol. The summed E-state index contributed by atoms with van der Waals surface area (Å²) in [6.45, 7) is 3.67. The maximum Gasteiger partial charge on any atom is 0.248 e. The lowest BCUT2D eigenvalue weighted by Crippen LogP contribution is -2.48. The molecule has 1 fully saturated rings. The van der Waals surface area contributed by atoms with Crippen LogP contribution >= 0.6 is 0 Å². The van der Waals surface area contributed by atoms with Gasteiger partial charge in [0.25, 0.3) is 0 Å². The summed E-state index contributed by atoms with van der Waals surface area (Å²) in [6.07, 6.45) is 3.36.